The summed E-state index contributed by atoms with van der Waals surface area (Å²) < 4.78 is 21.2. The smallest absolute Gasteiger partial charge is 0.141 e. The second-order valence-electron chi connectivity index (χ2n) is 30.9. The van der Waals surface area contributed by atoms with Gasteiger partial charge in [-0.2, -0.15) is 22.8 Å². The van der Waals surface area contributed by atoms with Crippen molar-refractivity contribution >= 4 is 137 Å². The zero-order valence-electron chi connectivity index (χ0n) is 68.7. The predicted octanol–water partition coefficient (Wildman–Crippen LogP) is 29.7. The number of aryl methyl sites for hydroxylation is 10. The van der Waals surface area contributed by atoms with Gasteiger partial charge in [-0.15, -0.1) is 0 Å². The molecule has 0 saturated heterocycles. The third kappa shape index (κ3) is 38.2. The van der Waals surface area contributed by atoms with Crippen LogP contribution in [0.15, 0.2) is 215 Å². The van der Waals surface area contributed by atoms with Gasteiger partial charge in [0.2, 0.25) is 0 Å². The van der Waals surface area contributed by atoms with Gasteiger partial charge >= 0.3 is 327 Å². The number of para-hydroxylation sites is 1. The number of rotatable bonds is 6. The number of nitrogens with zero attached hydrogens (tertiary/aromatic N) is 6. The first kappa shape index (κ1) is 102. The normalized spacial score (nSPS) is 10.7. The summed E-state index contributed by atoms with van der Waals surface area (Å²) in [5.41, 5.74) is 19.0. The van der Waals surface area contributed by atoms with Gasteiger partial charge in [0.05, 0.1) is 10.1 Å². The summed E-state index contributed by atoms with van der Waals surface area (Å²) in [7, 11) is 0. The maximum atomic E-state index is 10.9. The quantitative estimate of drug-likeness (QED) is 0.129. The van der Waals surface area contributed by atoms with Crippen LogP contribution >= 0.6 is 85.5 Å². The van der Waals surface area contributed by atoms with Crippen LogP contribution < -0.4 is 9.97 Å². The van der Waals surface area contributed by atoms with Crippen molar-refractivity contribution in [3.05, 3.63) is 302 Å². The molecule has 0 saturated carbocycles. The fourth-order valence-electron chi connectivity index (χ4n) is 10.3. The van der Waals surface area contributed by atoms with Crippen LogP contribution in [0.25, 0.3) is 32.8 Å². The number of benzene rings is 9. The molecule has 9 aromatic carbocycles. The Labute approximate surface area is 742 Å². The average molecular weight is 2230 g/mol. The number of aliphatic hydroxyl groups is 2. The molecule has 3 heterocycles. The third-order valence-corrected chi connectivity index (χ3v) is 29.3. The molecule has 610 valence electrons. The molecule has 12 aromatic rings. The number of hydrogen-bond donors (Lipinski definition) is 4. The zero-order valence-corrected chi connectivity index (χ0v) is 83.6. The van der Waals surface area contributed by atoms with E-state index in [4.69, 9.17) is 74.7 Å². The molecule has 0 spiro atoms. The van der Waals surface area contributed by atoms with Crippen molar-refractivity contribution in [2.24, 2.45) is 26.7 Å². The SMILES string of the molecule is C.CC(C)(C)O.CC(C)(C)[CH]=[W]=[N]c1c(Cl)cccc1Cl.CC(C)(C)[CH]=[W]=[N]c1c(Cl)cccc1Cl.CC(C)(C)[CH]=[W]=[N]c1c(Cl)cccc1Cl.Cc1cc(C)c(C(O)c2c(C)cc(C)cc2C)c(C)c1.Cc1ccc(C)[n-]1.Cc1ccc(C)[n-]1.Oc1c(Br)ccc2cccc(-c3ccccc3)c12.Oc1cccc2cccnc12. The van der Waals surface area contributed by atoms with Gasteiger partial charge in [-0.25, -0.2) is 0 Å². The van der Waals surface area contributed by atoms with Gasteiger partial charge in [-0.3, -0.25) is 4.98 Å². The Morgan fingerprint density at radius 2 is 0.728 bits per heavy atom. The molecule has 0 bridgehead atoms. The van der Waals surface area contributed by atoms with E-state index in [2.05, 4.69) is 195 Å². The predicted molar refractivity (Wildman–Crippen MR) is 487 cm³/mol. The number of hydrogen-bond acceptors (Lipinski definition) is 8. The van der Waals surface area contributed by atoms with E-state index in [1.807, 2.05) is 173 Å². The van der Waals surface area contributed by atoms with E-state index in [-0.39, 0.29) is 29.4 Å². The van der Waals surface area contributed by atoms with E-state index in [9.17, 15) is 15.3 Å². The molecular weight excluding hydrogens is 2120 g/mol. The van der Waals surface area contributed by atoms with Crippen LogP contribution in [0.1, 0.15) is 164 Å². The van der Waals surface area contributed by atoms with Crippen LogP contribution in [0, 0.1) is 85.5 Å². The van der Waals surface area contributed by atoms with Crippen molar-refractivity contribution in [2.75, 3.05) is 0 Å². The maximum Gasteiger partial charge on any atom is 0.141 e. The Morgan fingerprint density at radius 1 is 0.412 bits per heavy atom. The van der Waals surface area contributed by atoms with Gasteiger partial charge in [-0.05, 0) is 146 Å². The van der Waals surface area contributed by atoms with Crippen LogP contribution in [0.3, 0.4) is 0 Å². The Balaban J connectivity index is 0.000000339. The summed E-state index contributed by atoms with van der Waals surface area (Å²) in [6.07, 6.45) is 1.12. The fraction of sp³-hybridized carbons (Fsp3) is 0.298. The van der Waals surface area contributed by atoms with E-state index in [1.165, 1.54) is 11.1 Å². The molecule has 4 N–H and O–H groups in total. The van der Waals surface area contributed by atoms with E-state index in [0.29, 0.717) is 41.4 Å². The maximum absolute atomic E-state index is 10.9. The molecule has 0 aliphatic rings. The summed E-state index contributed by atoms with van der Waals surface area (Å²) in [4.78, 5) is 12.3. The van der Waals surface area contributed by atoms with Gasteiger partial charge in [0.1, 0.15) is 23.1 Å². The Bertz CT molecular complexity index is 4850. The number of aliphatic hydroxyl groups excluding tert-OH is 1. The van der Waals surface area contributed by atoms with Crippen molar-refractivity contribution in [1.29, 1.82) is 0 Å². The number of fused-ring (bicyclic) bond motifs is 2. The molecule has 3 aromatic heterocycles. The average Bonchev–Trinajstić information content (AvgIpc) is 1.48. The van der Waals surface area contributed by atoms with E-state index >= 15 is 0 Å². The molecule has 0 unspecified atom stereocenters. The molecule has 0 fully saturated rings. The van der Waals surface area contributed by atoms with Crippen LogP contribution in [0.4, 0.5) is 17.1 Å². The minimum absolute atomic E-state index is 0. The van der Waals surface area contributed by atoms with Gasteiger partial charge in [0, 0.05) is 17.0 Å². The van der Waals surface area contributed by atoms with E-state index in [1.54, 1.807) is 39.1 Å². The monoisotopic (exact) mass is 2230 g/mol. The molecule has 0 amide bonds. The third-order valence-electron chi connectivity index (χ3n) is 15.0. The van der Waals surface area contributed by atoms with Crippen molar-refractivity contribution in [3.8, 4) is 22.6 Å². The number of aromatic hydroxyl groups is 2. The first-order valence-corrected chi connectivity index (χ1v) is 48.5. The van der Waals surface area contributed by atoms with Gasteiger partial charge < -0.3 is 30.4 Å². The van der Waals surface area contributed by atoms with E-state index in [0.717, 1.165) is 105 Å². The van der Waals surface area contributed by atoms with Crippen molar-refractivity contribution in [2.45, 2.75) is 171 Å². The van der Waals surface area contributed by atoms with Gasteiger partial charge in [0.25, 0.3) is 0 Å². The minimum Gasteiger partial charge on any atom is -0.665 e. The molecule has 20 heteroatoms. The largest absolute Gasteiger partial charge is 0.665 e. The summed E-state index contributed by atoms with van der Waals surface area (Å²) >= 11 is 36.9. The molecule has 0 aliphatic heterocycles. The second-order valence-corrected chi connectivity index (χ2v) is 41.0. The van der Waals surface area contributed by atoms with Crippen LogP contribution in [0.2, 0.25) is 30.1 Å². The van der Waals surface area contributed by atoms with Crippen LogP contribution in [-0.4, -0.2) is 44.2 Å². The molecule has 114 heavy (non-hydrogen) atoms. The topological polar surface area (TPSA) is 159 Å². The molecule has 0 aliphatic carbocycles. The first-order chi connectivity index (χ1) is 52.7. The van der Waals surface area contributed by atoms with Crippen LogP contribution in [-0.2, 0) is 53.8 Å². The summed E-state index contributed by atoms with van der Waals surface area (Å²) in [5, 5.41) is 45.7. The van der Waals surface area contributed by atoms with E-state index < -0.39 is 65.5 Å². The summed E-state index contributed by atoms with van der Waals surface area (Å²) in [6.45, 7) is 45.3. The van der Waals surface area contributed by atoms with Crippen molar-refractivity contribution in [3.63, 3.8) is 0 Å². The number of phenols is 2. The second kappa shape index (κ2) is 49.4. The summed E-state index contributed by atoms with van der Waals surface area (Å²) in [5.74, 6) is 0.537. The molecule has 10 nitrogen and oxygen atoms in total. The molecule has 12 rings (SSSR count). The minimum atomic E-state index is -0.850. The van der Waals surface area contributed by atoms with Crippen molar-refractivity contribution < 1.29 is 74.2 Å². The zero-order chi connectivity index (χ0) is 84.7. The Morgan fingerprint density at radius 3 is 1.04 bits per heavy atom. The molecule has 0 atom stereocenters. The van der Waals surface area contributed by atoms with Crippen LogP contribution in [0.5, 0.6) is 11.5 Å². The number of pyridine rings is 1. The number of halogens is 7. The van der Waals surface area contributed by atoms with Crippen molar-refractivity contribution in [1.82, 2.24) is 15.0 Å². The number of aromatic nitrogens is 3. The van der Waals surface area contributed by atoms with Gasteiger partial charge in [0.15, 0.2) is 0 Å². The standard InChI is InChI=1S/C19H24O.C16H11BrO.C9H7NO.3C6H3Cl2N.2C6H8N.3C5H10.C4H10O.CH4.3W/c1-11-7-13(3)17(14(4)8-11)19(20)18-15(5)9-12(2)10-16(18)6;17-14-10-9-12-7-4-8-13(15(12)16(14)18)11-5-2-1-3-6-11;11-8-5-1-3-7-4-2-6-10-9(7)8;3*7-4-2-1-3-5(8)6(4)9;2*1-5-3-4-6(2)7-5;3*1-5(2,3)4;1-4(2,3)5;;;;/h7-10,19-20H,1-6H3;1-10,18H;1-6,11H;3*1-3H;2*3-4H,1-2H3;3*1H,2-4H3;5H,1-3H3;1H4;;;/q;;;;;;2*-1;;;;;;;;. The Kier molecular flexibility index (Phi) is 44.3. The summed E-state index contributed by atoms with van der Waals surface area (Å²) in [6, 6.07) is 62.2. The number of phenolic OH excluding ortho intramolecular Hbond substituents is 2. The molecule has 0 radical (unpaired) electrons. The first-order valence-electron chi connectivity index (χ1n) is 36.4. The fourth-order valence-corrected chi connectivity index (χ4v) is 20.5. The Hall–Kier alpha value is -5.98. The van der Waals surface area contributed by atoms with Gasteiger partial charge in [-0.1, -0.05) is 168 Å². The molecular formula is C94H111BrCl6N6O4W3-2.